The fraction of sp³-hybridized carbons (Fsp3) is 1.00. The van der Waals surface area contributed by atoms with Crippen molar-refractivity contribution in [1.29, 1.82) is 0 Å². The van der Waals surface area contributed by atoms with Crippen molar-refractivity contribution in [3.05, 3.63) is 0 Å². The topological polar surface area (TPSA) is 18.5 Å². The second kappa shape index (κ2) is 3.21. The van der Waals surface area contributed by atoms with Crippen LogP contribution in [0.4, 0.5) is 0 Å². The van der Waals surface area contributed by atoms with Gasteiger partial charge in [0.1, 0.15) is 0 Å². The van der Waals surface area contributed by atoms with Crippen molar-refractivity contribution < 1.29 is 9.47 Å². The van der Waals surface area contributed by atoms with Crippen LogP contribution in [0.5, 0.6) is 0 Å². The average molecular weight is 196 g/mol. The third kappa shape index (κ3) is 1.10. The van der Waals surface area contributed by atoms with E-state index in [2.05, 4.69) is 0 Å². The lowest BCUT2D eigenvalue weighted by atomic mass is 9.69. The Morgan fingerprint density at radius 1 is 0.571 bits per heavy atom. The van der Waals surface area contributed by atoms with Crippen LogP contribution in [-0.4, -0.2) is 24.4 Å². The maximum absolute atomic E-state index is 6.09. The summed E-state index contributed by atoms with van der Waals surface area (Å²) in [6.07, 6.45) is 10.1. The molecule has 2 aliphatic heterocycles. The molecule has 2 saturated heterocycles. The zero-order valence-corrected chi connectivity index (χ0v) is 8.89. The van der Waals surface area contributed by atoms with Crippen LogP contribution in [-0.2, 0) is 9.47 Å². The third-order valence-corrected chi connectivity index (χ3v) is 4.45. The van der Waals surface area contributed by atoms with Gasteiger partial charge >= 0.3 is 0 Å². The normalized spacial score (nSPS) is 48.0. The molecular weight excluding hydrogens is 176 g/mol. The van der Waals surface area contributed by atoms with Gasteiger partial charge in [-0.15, -0.1) is 0 Å². The van der Waals surface area contributed by atoms with E-state index >= 15 is 0 Å². The molecule has 2 nitrogen and oxygen atoms in total. The molecule has 3 aliphatic rings. The Morgan fingerprint density at radius 3 is 1.36 bits per heavy atom. The predicted molar refractivity (Wildman–Crippen MR) is 54.3 cm³/mol. The Hall–Kier alpha value is -0.0800. The molecule has 0 aromatic rings. The minimum absolute atomic E-state index is 0.127. The molecule has 3 rings (SSSR count). The first-order valence-corrected chi connectivity index (χ1v) is 6.15. The molecule has 0 aromatic carbocycles. The van der Waals surface area contributed by atoms with Crippen molar-refractivity contribution in [2.24, 2.45) is 0 Å². The number of hydrogen-bond acceptors (Lipinski definition) is 2. The van der Waals surface area contributed by atoms with E-state index in [1.54, 1.807) is 0 Å². The van der Waals surface area contributed by atoms with E-state index in [-0.39, 0.29) is 11.2 Å². The Balaban J connectivity index is 1.91. The van der Waals surface area contributed by atoms with Crippen LogP contribution < -0.4 is 0 Å². The minimum Gasteiger partial charge on any atom is -0.372 e. The highest BCUT2D eigenvalue weighted by Gasteiger charge is 2.57. The second-order valence-corrected chi connectivity index (χ2v) is 5.10. The summed E-state index contributed by atoms with van der Waals surface area (Å²) in [5, 5.41) is 0. The van der Waals surface area contributed by atoms with Gasteiger partial charge in [-0.25, -0.2) is 0 Å². The van der Waals surface area contributed by atoms with Gasteiger partial charge in [-0.05, 0) is 38.5 Å². The van der Waals surface area contributed by atoms with E-state index in [1.165, 1.54) is 51.4 Å². The molecule has 1 aliphatic carbocycles. The van der Waals surface area contributed by atoms with Crippen molar-refractivity contribution >= 4 is 0 Å². The van der Waals surface area contributed by atoms with Crippen molar-refractivity contribution in [3.8, 4) is 0 Å². The van der Waals surface area contributed by atoms with E-state index in [4.69, 9.17) is 9.47 Å². The summed E-state index contributed by atoms with van der Waals surface area (Å²) in [5.41, 5.74) is 0.253. The lowest BCUT2D eigenvalue weighted by Crippen LogP contribution is -2.55. The maximum Gasteiger partial charge on any atom is 0.0971 e. The lowest BCUT2D eigenvalue weighted by molar-refractivity contribution is -0.187. The first-order valence-electron chi connectivity index (χ1n) is 6.15. The molecule has 0 radical (unpaired) electrons. The first-order chi connectivity index (χ1) is 6.87. The Morgan fingerprint density at radius 2 is 1.00 bits per heavy atom. The quantitative estimate of drug-likeness (QED) is 0.593. The summed E-state index contributed by atoms with van der Waals surface area (Å²) >= 11 is 0. The molecule has 0 aromatic heterocycles. The lowest BCUT2D eigenvalue weighted by Gasteiger charge is -2.48. The Labute approximate surface area is 86.0 Å². The Bertz CT molecular complexity index is 188. The number of rotatable bonds is 0. The standard InChI is InChI=1S/C12H20O2/c1-2-6-12(8-4-10-14-12)11(5-1)7-3-9-13-11/h1-10H2. The molecular formula is C12H20O2. The molecule has 0 N–H and O–H groups in total. The van der Waals surface area contributed by atoms with E-state index < -0.39 is 0 Å². The molecule has 1 saturated carbocycles. The summed E-state index contributed by atoms with van der Waals surface area (Å²) in [6, 6.07) is 0. The summed E-state index contributed by atoms with van der Waals surface area (Å²) in [6.45, 7) is 1.93. The maximum atomic E-state index is 6.09. The molecule has 2 heterocycles. The van der Waals surface area contributed by atoms with E-state index in [0.717, 1.165) is 13.2 Å². The van der Waals surface area contributed by atoms with Crippen LogP contribution in [0.2, 0.25) is 0 Å². The van der Waals surface area contributed by atoms with E-state index in [9.17, 15) is 0 Å². The van der Waals surface area contributed by atoms with Gasteiger partial charge in [-0.1, -0.05) is 12.8 Å². The minimum atomic E-state index is 0.127. The van der Waals surface area contributed by atoms with Gasteiger partial charge in [0, 0.05) is 13.2 Å². The smallest absolute Gasteiger partial charge is 0.0971 e. The van der Waals surface area contributed by atoms with Gasteiger partial charge in [-0.3, -0.25) is 0 Å². The highest BCUT2D eigenvalue weighted by molar-refractivity contribution is 5.08. The molecule has 0 amide bonds. The summed E-state index contributed by atoms with van der Waals surface area (Å²) in [7, 11) is 0. The summed E-state index contributed by atoms with van der Waals surface area (Å²) in [4.78, 5) is 0. The van der Waals surface area contributed by atoms with Crippen molar-refractivity contribution in [3.63, 3.8) is 0 Å². The predicted octanol–water partition coefficient (Wildman–Crippen LogP) is 2.66. The van der Waals surface area contributed by atoms with Crippen LogP contribution in [0.15, 0.2) is 0 Å². The molecule has 2 heteroatoms. The van der Waals surface area contributed by atoms with Gasteiger partial charge in [-0.2, -0.15) is 0 Å². The van der Waals surface area contributed by atoms with Crippen molar-refractivity contribution in [2.75, 3.05) is 13.2 Å². The molecule has 2 unspecified atom stereocenters. The number of hydrogen-bond donors (Lipinski definition) is 0. The van der Waals surface area contributed by atoms with Gasteiger partial charge in [0.25, 0.3) is 0 Å². The fourth-order valence-electron chi connectivity index (χ4n) is 3.78. The molecule has 2 atom stereocenters. The van der Waals surface area contributed by atoms with Crippen molar-refractivity contribution in [1.82, 2.24) is 0 Å². The molecule has 80 valence electrons. The van der Waals surface area contributed by atoms with Gasteiger partial charge in [0.05, 0.1) is 11.2 Å². The van der Waals surface area contributed by atoms with Gasteiger partial charge < -0.3 is 9.47 Å². The zero-order valence-electron chi connectivity index (χ0n) is 8.89. The van der Waals surface area contributed by atoms with E-state index in [1.807, 2.05) is 0 Å². The number of fused-ring (bicyclic) bond motifs is 1. The van der Waals surface area contributed by atoms with Crippen molar-refractivity contribution in [2.45, 2.75) is 62.6 Å². The first kappa shape index (κ1) is 9.17. The number of ether oxygens (including phenoxy) is 2. The van der Waals surface area contributed by atoms with Crippen LogP contribution >= 0.6 is 0 Å². The van der Waals surface area contributed by atoms with Gasteiger partial charge in [0.15, 0.2) is 0 Å². The SMILES string of the molecule is C1CCC2(CCCO2)C2(C1)CCCO2. The highest BCUT2D eigenvalue weighted by Crippen LogP contribution is 2.52. The van der Waals surface area contributed by atoms with Crippen LogP contribution in [0, 0.1) is 0 Å². The van der Waals surface area contributed by atoms with Crippen LogP contribution in [0.1, 0.15) is 51.4 Å². The van der Waals surface area contributed by atoms with Crippen LogP contribution in [0.25, 0.3) is 0 Å². The van der Waals surface area contributed by atoms with Crippen LogP contribution in [0.3, 0.4) is 0 Å². The molecule has 2 spiro atoms. The fourth-order valence-corrected chi connectivity index (χ4v) is 3.78. The van der Waals surface area contributed by atoms with E-state index in [0.29, 0.717) is 0 Å². The summed E-state index contributed by atoms with van der Waals surface area (Å²) < 4.78 is 12.2. The highest BCUT2D eigenvalue weighted by atomic mass is 16.6. The second-order valence-electron chi connectivity index (χ2n) is 5.10. The molecule has 3 fully saturated rings. The largest absolute Gasteiger partial charge is 0.372 e. The Kier molecular flexibility index (Phi) is 2.10. The monoisotopic (exact) mass is 196 g/mol. The molecule has 14 heavy (non-hydrogen) atoms. The third-order valence-electron chi connectivity index (χ3n) is 4.45. The summed E-state index contributed by atoms with van der Waals surface area (Å²) in [5.74, 6) is 0. The van der Waals surface area contributed by atoms with Gasteiger partial charge in [0.2, 0.25) is 0 Å². The zero-order chi connectivity index (χ0) is 9.49. The average Bonchev–Trinajstić information content (AvgIpc) is 2.81. The molecule has 0 bridgehead atoms.